The lowest BCUT2D eigenvalue weighted by Gasteiger charge is -2.30. The van der Waals surface area contributed by atoms with Gasteiger partial charge in [-0.05, 0) is 85.4 Å². The third-order valence-electron chi connectivity index (χ3n) is 6.64. The summed E-state index contributed by atoms with van der Waals surface area (Å²) in [6.07, 6.45) is 7.70. The highest BCUT2D eigenvalue weighted by Gasteiger charge is 2.58. The van der Waals surface area contributed by atoms with E-state index in [0.29, 0.717) is 11.7 Å². The first kappa shape index (κ1) is 18.2. The maximum absolute atomic E-state index is 13.8. The van der Waals surface area contributed by atoms with E-state index in [1.165, 1.54) is 18.2 Å². The topological polar surface area (TPSA) is 54.9 Å². The molecule has 1 N–H and O–H groups in total. The number of aromatic nitrogens is 2. The lowest BCUT2D eigenvalue weighted by atomic mass is 9.75. The van der Waals surface area contributed by atoms with Crippen LogP contribution in [-0.4, -0.2) is 15.9 Å². The molecule has 2 fully saturated rings. The largest absolute Gasteiger partial charge is 0.310 e. The first-order valence-electron chi connectivity index (χ1n) is 10.0. The Kier molecular flexibility index (Phi) is 4.30. The van der Waals surface area contributed by atoms with Gasteiger partial charge in [0.25, 0.3) is 0 Å². The number of hydrogen-bond donors (Lipinski definition) is 1. The molecule has 0 radical (unpaired) electrons. The van der Waals surface area contributed by atoms with Crippen molar-refractivity contribution in [3.05, 3.63) is 66.0 Å². The van der Waals surface area contributed by atoms with E-state index in [9.17, 15) is 13.6 Å². The molecule has 2 aliphatic rings. The van der Waals surface area contributed by atoms with E-state index in [1.54, 1.807) is 18.3 Å². The first-order chi connectivity index (χ1) is 14.0. The fraction of sp³-hybridized carbons (Fsp3) is 0.348. The summed E-state index contributed by atoms with van der Waals surface area (Å²) in [7, 11) is 0. The second-order valence-electron chi connectivity index (χ2n) is 8.31. The van der Waals surface area contributed by atoms with E-state index in [-0.39, 0.29) is 23.1 Å². The Labute approximate surface area is 167 Å². The minimum Gasteiger partial charge on any atom is -0.310 e. The van der Waals surface area contributed by atoms with Crippen LogP contribution < -0.4 is 5.32 Å². The minimum absolute atomic E-state index is 0.0121. The maximum atomic E-state index is 13.8. The molecule has 1 amide bonds. The Morgan fingerprint density at radius 1 is 1.03 bits per heavy atom. The van der Waals surface area contributed by atoms with Gasteiger partial charge in [0.1, 0.15) is 17.5 Å². The average molecular weight is 393 g/mol. The zero-order valence-electron chi connectivity index (χ0n) is 15.9. The van der Waals surface area contributed by atoms with Gasteiger partial charge in [0.15, 0.2) is 0 Å². The van der Waals surface area contributed by atoms with Crippen molar-refractivity contribution in [3.8, 4) is 0 Å². The summed E-state index contributed by atoms with van der Waals surface area (Å²) in [5.41, 5.74) is 2.04. The highest BCUT2D eigenvalue weighted by molar-refractivity contribution is 5.94. The summed E-state index contributed by atoms with van der Waals surface area (Å²) < 4.78 is 26.7. The molecule has 29 heavy (non-hydrogen) atoms. The van der Waals surface area contributed by atoms with E-state index in [2.05, 4.69) is 15.3 Å². The van der Waals surface area contributed by atoms with Crippen molar-refractivity contribution in [2.45, 2.75) is 38.0 Å². The standard InChI is InChI=1S/C23H21F2N3O/c24-15-1-3-20-18(11-15)17(7-10-26-20)14-5-8-23(9-6-14)12-19(23)22(29)28-21-4-2-16(25)13-27-21/h1-4,7,10-11,13-14,19H,5-6,8-9,12H2,(H,27,28,29)/t14-,19-,23+/m1/s1. The van der Waals surface area contributed by atoms with Gasteiger partial charge in [0, 0.05) is 17.5 Å². The van der Waals surface area contributed by atoms with Gasteiger partial charge in [-0.3, -0.25) is 9.78 Å². The van der Waals surface area contributed by atoms with Crippen molar-refractivity contribution in [2.75, 3.05) is 5.32 Å². The van der Waals surface area contributed by atoms with E-state index in [1.807, 2.05) is 6.07 Å². The monoisotopic (exact) mass is 393 g/mol. The SMILES string of the molecule is O=C(Nc1ccc(F)cn1)[C@H]1C[C@]12CC[C@H](c1ccnc3ccc(F)cc31)CC2. The zero-order chi connectivity index (χ0) is 20.0. The zero-order valence-corrected chi connectivity index (χ0v) is 15.9. The molecule has 2 saturated carbocycles. The first-order valence-corrected chi connectivity index (χ1v) is 10.0. The van der Waals surface area contributed by atoms with E-state index >= 15 is 0 Å². The molecule has 3 aromatic rings. The lowest BCUT2D eigenvalue weighted by molar-refractivity contribution is -0.118. The summed E-state index contributed by atoms with van der Waals surface area (Å²) >= 11 is 0. The third-order valence-corrected chi connectivity index (χ3v) is 6.64. The van der Waals surface area contributed by atoms with Crippen LogP contribution in [0.2, 0.25) is 0 Å². The summed E-state index contributed by atoms with van der Waals surface area (Å²) in [4.78, 5) is 20.9. The van der Waals surface area contributed by atoms with Gasteiger partial charge < -0.3 is 5.32 Å². The lowest BCUT2D eigenvalue weighted by Crippen LogP contribution is -2.23. The second-order valence-corrected chi connectivity index (χ2v) is 8.31. The number of anilines is 1. The number of pyridine rings is 2. The van der Waals surface area contributed by atoms with Crippen LogP contribution in [0.5, 0.6) is 0 Å². The minimum atomic E-state index is -0.423. The van der Waals surface area contributed by atoms with Crippen LogP contribution in [-0.2, 0) is 4.79 Å². The van der Waals surface area contributed by atoms with Gasteiger partial charge in [0.2, 0.25) is 5.91 Å². The molecule has 1 atom stereocenters. The molecule has 2 aliphatic carbocycles. The quantitative estimate of drug-likeness (QED) is 0.665. The normalized spacial score (nSPS) is 25.9. The maximum Gasteiger partial charge on any atom is 0.229 e. The van der Waals surface area contributed by atoms with Crippen molar-refractivity contribution in [1.29, 1.82) is 0 Å². The van der Waals surface area contributed by atoms with Crippen molar-refractivity contribution >= 4 is 22.6 Å². The van der Waals surface area contributed by atoms with Gasteiger partial charge in [-0.1, -0.05) is 0 Å². The molecule has 0 aliphatic heterocycles. The molecule has 0 saturated heterocycles. The highest BCUT2D eigenvalue weighted by Crippen LogP contribution is 2.63. The fourth-order valence-corrected chi connectivity index (χ4v) is 4.93. The van der Waals surface area contributed by atoms with Crippen LogP contribution >= 0.6 is 0 Å². The number of carbonyl (C=O) groups is 1. The Morgan fingerprint density at radius 2 is 1.83 bits per heavy atom. The van der Waals surface area contributed by atoms with Crippen LogP contribution in [0.1, 0.15) is 43.6 Å². The predicted octanol–water partition coefficient (Wildman–Crippen LogP) is 5.21. The number of rotatable bonds is 3. The highest BCUT2D eigenvalue weighted by atomic mass is 19.1. The molecule has 0 bridgehead atoms. The molecule has 1 spiro atoms. The number of hydrogen-bond acceptors (Lipinski definition) is 3. The van der Waals surface area contributed by atoms with E-state index in [4.69, 9.17) is 0 Å². The molecule has 1 aromatic carbocycles. The fourth-order valence-electron chi connectivity index (χ4n) is 4.93. The van der Waals surface area contributed by atoms with Crippen molar-refractivity contribution in [1.82, 2.24) is 9.97 Å². The molecule has 6 heteroatoms. The third kappa shape index (κ3) is 3.37. The average Bonchev–Trinajstić information content (AvgIpc) is 3.43. The van der Waals surface area contributed by atoms with Gasteiger partial charge >= 0.3 is 0 Å². The Hall–Kier alpha value is -2.89. The summed E-state index contributed by atoms with van der Waals surface area (Å²) in [6, 6.07) is 9.51. The number of nitrogens with zero attached hydrogens (tertiary/aromatic N) is 2. The summed E-state index contributed by atoms with van der Waals surface area (Å²) in [5.74, 6) is 0.0365. The van der Waals surface area contributed by atoms with Crippen LogP contribution in [0.4, 0.5) is 14.6 Å². The number of benzene rings is 1. The molecular formula is C23H21F2N3O. The predicted molar refractivity (Wildman–Crippen MR) is 106 cm³/mol. The second kappa shape index (κ2) is 6.87. The van der Waals surface area contributed by atoms with Crippen molar-refractivity contribution in [2.24, 2.45) is 11.3 Å². The molecule has 148 valence electrons. The van der Waals surface area contributed by atoms with Crippen LogP contribution in [0.25, 0.3) is 10.9 Å². The molecule has 4 nitrogen and oxygen atoms in total. The number of fused-ring (bicyclic) bond motifs is 1. The van der Waals surface area contributed by atoms with Gasteiger partial charge in [-0.25, -0.2) is 13.8 Å². The van der Waals surface area contributed by atoms with Crippen LogP contribution in [0, 0.1) is 23.0 Å². The molecule has 2 aromatic heterocycles. The Morgan fingerprint density at radius 3 is 2.59 bits per heavy atom. The van der Waals surface area contributed by atoms with Crippen LogP contribution in [0.3, 0.4) is 0 Å². The Balaban J connectivity index is 1.26. The van der Waals surface area contributed by atoms with Crippen molar-refractivity contribution < 1.29 is 13.6 Å². The van der Waals surface area contributed by atoms with Crippen LogP contribution in [0.15, 0.2) is 48.8 Å². The van der Waals surface area contributed by atoms with Crippen molar-refractivity contribution in [3.63, 3.8) is 0 Å². The van der Waals surface area contributed by atoms with E-state index in [0.717, 1.165) is 54.8 Å². The van der Waals surface area contributed by atoms with E-state index < -0.39 is 5.82 Å². The number of amides is 1. The van der Waals surface area contributed by atoms with Gasteiger partial charge in [0.05, 0.1) is 11.7 Å². The summed E-state index contributed by atoms with van der Waals surface area (Å²) in [5, 5.41) is 3.70. The number of nitrogens with one attached hydrogen (secondary N) is 1. The summed E-state index contributed by atoms with van der Waals surface area (Å²) in [6.45, 7) is 0. The Bertz CT molecular complexity index is 1080. The van der Waals surface area contributed by atoms with Gasteiger partial charge in [-0.2, -0.15) is 0 Å². The number of halogens is 2. The number of carbonyl (C=O) groups excluding carboxylic acids is 1. The molecule has 2 heterocycles. The molecular weight excluding hydrogens is 372 g/mol. The molecule has 0 unspecified atom stereocenters. The van der Waals surface area contributed by atoms with Gasteiger partial charge in [-0.15, -0.1) is 0 Å². The molecule has 5 rings (SSSR count). The smallest absolute Gasteiger partial charge is 0.229 e.